The van der Waals surface area contributed by atoms with Crippen LogP contribution in [0.25, 0.3) is 0 Å². The summed E-state index contributed by atoms with van der Waals surface area (Å²) in [5, 5.41) is 2.74. The summed E-state index contributed by atoms with van der Waals surface area (Å²) in [7, 11) is 0. The second-order valence-corrected chi connectivity index (χ2v) is 6.03. The number of ether oxygens (including phenoxy) is 1. The molecule has 2 aromatic carbocycles. The summed E-state index contributed by atoms with van der Waals surface area (Å²) >= 11 is 0. The number of halogens is 1. The fraction of sp³-hybridized carbons (Fsp3) is 0.150. The van der Waals surface area contributed by atoms with Crippen LogP contribution in [-0.2, 0) is 13.0 Å². The predicted octanol–water partition coefficient (Wildman–Crippen LogP) is 2.04. The van der Waals surface area contributed by atoms with Crippen LogP contribution in [0.3, 0.4) is 0 Å². The maximum Gasteiger partial charge on any atom is 0.252 e. The van der Waals surface area contributed by atoms with Crippen molar-refractivity contribution in [3.05, 3.63) is 87.7 Å². The van der Waals surface area contributed by atoms with Crippen molar-refractivity contribution in [2.45, 2.75) is 13.0 Å². The predicted molar refractivity (Wildman–Crippen MR) is 102 cm³/mol. The fourth-order valence-electron chi connectivity index (χ4n) is 2.52. The van der Waals surface area contributed by atoms with Gasteiger partial charge in [0, 0.05) is 30.2 Å². The first-order chi connectivity index (χ1) is 13.5. The van der Waals surface area contributed by atoms with E-state index in [4.69, 9.17) is 10.5 Å². The van der Waals surface area contributed by atoms with Crippen LogP contribution in [0.2, 0.25) is 0 Å². The number of hydrogen-bond donors (Lipinski definition) is 3. The summed E-state index contributed by atoms with van der Waals surface area (Å²) < 4.78 is 19.1. The van der Waals surface area contributed by atoms with Crippen molar-refractivity contribution >= 4 is 11.7 Å². The number of carbonyl (C=O) groups is 1. The van der Waals surface area contributed by atoms with E-state index in [0.29, 0.717) is 29.1 Å². The van der Waals surface area contributed by atoms with E-state index in [0.717, 1.165) is 0 Å². The molecule has 1 heterocycles. The summed E-state index contributed by atoms with van der Waals surface area (Å²) in [5.41, 5.74) is 6.09. The topological polar surface area (TPSA) is 110 Å². The van der Waals surface area contributed by atoms with E-state index >= 15 is 0 Å². The molecule has 3 aromatic rings. The molecule has 8 heteroatoms. The van der Waals surface area contributed by atoms with Gasteiger partial charge in [0.15, 0.2) is 0 Å². The Labute approximate surface area is 160 Å². The first-order valence-electron chi connectivity index (χ1n) is 8.61. The van der Waals surface area contributed by atoms with Crippen molar-refractivity contribution in [3.8, 4) is 5.75 Å². The molecule has 1 aromatic heterocycles. The normalized spacial score (nSPS) is 10.5. The smallest absolute Gasteiger partial charge is 0.252 e. The van der Waals surface area contributed by atoms with E-state index in [2.05, 4.69) is 15.3 Å². The van der Waals surface area contributed by atoms with Crippen LogP contribution in [0.1, 0.15) is 21.7 Å². The number of H-pyrrole nitrogens is 1. The molecule has 0 radical (unpaired) electrons. The molecule has 3 rings (SSSR count). The van der Waals surface area contributed by atoms with Crippen LogP contribution >= 0.6 is 0 Å². The van der Waals surface area contributed by atoms with Gasteiger partial charge in [0.1, 0.15) is 29.8 Å². The van der Waals surface area contributed by atoms with Crippen molar-refractivity contribution < 1.29 is 13.9 Å². The van der Waals surface area contributed by atoms with Gasteiger partial charge in [0.25, 0.3) is 11.5 Å². The first kappa shape index (κ1) is 19.1. The highest BCUT2D eigenvalue weighted by Crippen LogP contribution is 2.15. The molecular weight excluding hydrogens is 363 g/mol. The van der Waals surface area contributed by atoms with Gasteiger partial charge in [-0.3, -0.25) is 9.59 Å². The monoisotopic (exact) mass is 382 g/mol. The van der Waals surface area contributed by atoms with Gasteiger partial charge >= 0.3 is 0 Å². The molecule has 0 spiro atoms. The number of nitrogens with zero attached hydrogens (tertiary/aromatic N) is 1. The van der Waals surface area contributed by atoms with Crippen molar-refractivity contribution in [1.82, 2.24) is 15.3 Å². The minimum atomic E-state index is -0.334. The Bertz CT molecular complexity index is 1020. The highest BCUT2D eigenvalue weighted by Gasteiger charge is 2.07. The summed E-state index contributed by atoms with van der Waals surface area (Å²) in [5.74, 6) is 0.473. The molecule has 7 nitrogen and oxygen atoms in total. The average molecular weight is 382 g/mol. The Hall–Kier alpha value is -3.68. The number of aromatic nitrogens is 2. The second-order valence-electron chi connectivity index (χ2n) is 6.03. The summed E-state index contributed by atoms with van der Waals surface area (Å²) in [6, 6.07) is 14.1. The Balaban J connectivity index is 1.50. The van der Waals surface area contributed by atoms with Crippen LogP contribution < -0.4 is 21.3 Å². The highest BCUT2D eigenvalue weighted by molar-refractivity contribution is 5.94. The lowest BCUT2D eigenvalue weighted by atomic mass is 10.2. The Kier molecular flexibility index (Phi) is 6.01. The molecule has 0 atom stereocenters. The average Bonchev–Trinajstić information content (AvgIpc) is 2.67. The van der Waals surface area contributed by atoms with Crippen molar-refractivity contribution in [3.63, 3.8) is 0 Å². The molecule has 0 unspecified atom stereocenters. The minimum Gasteiger partial charge on any atom is -0.489 e. The number of nitrogens with one attached hydrogen (secondary N) is 2. The van der Waals surface area contributed by atoms with E-state index < -0.39 is 0 Å². The Morgan fingerprint density at radius 2 is 1.93 bits per heavy atom. The van der Waals surface area contributed by atoms with Gasteiger partial charge in [-0.25, -0.2) is 9.37 Å². The number of anilines is 1. The molecule has 0 saturated heterocycles. The van der Waals surface area contributed by atoms with Gasteiger partial charge in [-0.15, -0.1) is 0 Å². The molecule has 4 N–H and O–H groups in total. The molecule has 0 saturated carbocycles. The summed E-state index contributed by atoms with van der Waals surface area (Å²) in [4.78, 5) is 30.1. The third-order valence-electron chi connectivity index (χ3n) is 3.93. The summed E-state index contributed by atoms with van der Waals surface area (Å²) in [6.45, 7) is 0.389. The van der Waals surface area contributed by atoms with Gasteiger partial charge in [-0.05, 0) is 30.3 Å². The molecule has 1 amide bonds. The molecular formula is C20H19FN4O3. The van der Waals surface area contributed by atoms with E-state index in [1.807, 2.05) is 0 Å². The van der Waals surface area contributed by atoms with E-state index in [1.165, 1.54) is 12.1 Å². The first-order valence-corrected chi connectivity index (χ1v) is 8.61. The number of nitrogens with two attached hydrogens (primary N) is 1. The lowest BCUT2D eigenvalue weighted by molar-refractivity contribution is 0.0954. The van der Waals surface area contributed by atoms with Gasteiger partial charge in [-0.2, -0.15) is 0 Å². The molecule has 0 bridgehead atoms. The van der Waals surface area contributed by atoms with Crippen molar-refractivity contribution in [1.29, 1.82) is 0 Å². The molecule has 0 aliphatic carbocycles. The number of aromatic amines is 1. The van der Waals surface area contributed by atoms with Crippen molar-refractivity contribution in [2.24, 2.45) is 0 Å². The van der Waals surface area contributed by atoms with Crippen LogP contribution in [0.5, 0.6) is 5.75 Å². The largest absolute Gasteiger partial charge is 0.489 e. The zero-order valence-corrected chi connectivity index (χ0v) is 14.9. The van der Waals surface area contributed by atoms with Crippen LogP contribution in [-0.4, -0.2) is 22.4 Å². The number of nitrogen functional groups attached to an aromatic ring is 1. The van der Waals surface area contributed by atoms with Gasteiger partial charge < -0.3 is 20.8 Å². The van der Waals surface area contributed by atoms with Gasteiger partial charge in [0.2, 0.25) is 0 Å². The summed E-state index contributed by atoms with van der Waals surface area (Å²) in [6.07, 6.45) is 0.343. The number of hydrogen-bond acceptors (Lipinski definition) is 5. The van der Waals surface area contributed by atoms with Crippen LogP contribution in [0, 0.1) is 5.82 Å². The quantitative estimate of drug-likeness (QED) is 0.579. The van der Waals surface area contributed by atoms with Crippen molar-refractivity contribution in [2.75, 3.05) is 12.3 Å². The third kappa shape index (κ3) is 5.16. The Morgan fingerprint density at radius 1 is 1.18 bits per heavy atom. The molecule has 144 valence electrons. The highest BCUT2D eigenvalue weighted by atomic mass is 19.1. The number of carbonyl (C=O) groups excluding carboxylic acids is 1. The fourth-order valence-corrected chi connectivity index (χ4v) is 2.52. The van der Waals surface area contributed by atoms with E-state index in [9.17, 15) is 14.0 Å². The molecule has 0 aliphatic heterocycles. The lowest BCUT2D eigenvalue weighted by Gasteiger charge is -2.09. The standard InChI is InChI=1S/C20H19FN4O3/c21-16-4-2-1-3-14(16)12-28-15-7-5-13(6-8-15)20(27)23-10-9-18-24-17(22)11-19(26)25-18/h1-8,11H,9-10,12H2,(H,23,27)(H3,22,24,25,26). The minimum absolute atomic E-state index is 0.101. The second kappa shape index (κ2) is 8.81. The maximum atomic E-state index is 13.6. The van der Waals surface area contributed by atoms with Crippen LogP contribution in [0.15, 0.2) is 59.4 Å². The number of rotatable bonds is 7. The third-order valence-corrected chi connectivity index (χ3v) is 3.93. The van der Waals surface area contributed by atoms with E-state index in [-0.39, 0.29) is 36.3 Å². The van der Waals surface area contributed by atoms with Crippen LogP contribution in [0.4, 0.5) is 10.2 Å². The number of amides is 1. The SMILES string of the molecule is Nc1cc(=O)[nH]c(CCNC(=O)c2ccc(OCc3ccccc3F)cc2)n1. The van der Waals surface area contributed by atoms with Gasteiger partial charge in [0.05, 0.1) is 0 Å². The molecule has 28 heavy (non-hydrogen) atoms. The zero-order chi connectivity index (χ0) is 19.9. The molecule has 0 aliphatic rings. The molecule has 0 fully saturated rings. The maximum absolute atomic E-state index is 13.6. The number of benzene rings is 2. The zero-order valence-electron chi connectivity index (χ0n) is 14.9. The Morgan fingerprint density at radius 3 is 2.64 bits per heavy atom. The van der Waals surface area contributed by atoms with E-state index in [1.54, 1.807) is 42.5 Å². The lowest BCUT2D eigenvalue weighted by Crippen LogP contribution is -2.26. The van der Waals surface area contributed by atoms with Gasteiger partial charge in [-0.1, -0.05) is 18.2 Å².